The van der Waals surface area contributed by atoms with Crippen molar-refractivity contribution in [3.05, 3.63) is 78.1 Å². The summed E-state index contributed by atoms with van der Waals surface area (Å²) in [6, 6.07) is 15.4. The molecule has 0 radical (unpaired) electrons. The van der Waals surface area contributed by atoms with E-state index < -0.39 is 21.6 Å². The van der Waals surface area contributed by atoms with E-state index in [1.807, 2.05) is 0 Å². The fourth-order valence-corrected chi connectivity index (χ4v) is 5.07. The standard InChI is InChI=1S/C24H21F3N2O3S/c1-3-13-33(30,31)20-10-5-9-19(15-20)32-18-8-4-7-17(14-18)22-16(2)28-23-21(24(25,26)27)11-6-12-29(22)23/h4-12,14-15H,3,13H2,1-2H3. The maximum atomic E-state index is 13.4. The van der Waals surface area contributed by atoms with Crippen molar-refractivity contribution in [3.8, 4) is 22.8 Å². The molecular formula is C24H21F3N2O3S. The second kappa shape index (κ2) is 8.55. The Hall–Kier alpha value is -3.33. The zero-order valence-electron chi connectivity index (χ0n) is 17.9. The van der Waals surface area contributed by atoms with Crippen molar-refractivity contribution in [2.75, 3.05) is 5.75 Å². The Morgan fingerprint density at radius 2 is 1.70 bits per heavy atom. The Morgan fingerprint density at radius 1 is 1.00 bits per heavy atom. The molecule has 2 aromatic heterocycles. The molecule has 0 bridgehead atoms. The summed E-state index contributed by atoms with van der Waals surface area (Å²) in [6.45, 7) is 3.45. The highest BCUT2D eigenvalue weighted by molar-refractivity contribution is 7.91. The lowest BCUT2D eigenvalue weighted by Gasteiger charge is -2.11. The van der Waals surface area contributed by atoms with Crippen molar-refractivity contribution in [2.45, 2.75) is 31.3 Å². The predicted octanol–water partition coefficient (Wildman–Crippen LogP) is 6.30. The van der Waals surface area contributed by atoms with E-state index in [2.05, 4.69) is 4.98 Å². The summed E-state index contributed by atoms with van der Waals surface area (Å²) in [5.41, 5.74) is 0.596. The Labute approximate surface area is 189 Å². The van der Waals surface area contributed by atoms with Crippen LogP contribution in [0.15, 0.2) is 71.8 Å². The lowest BCUT2D eigenvalue weighted by molar-refractivity contribution is -0.136. The van der Waals surface area contributed by atoms with Gasteiger partial charge in [0, 0.05) is 11.8 Å². The average Bonchev–Trinajstić information content (AvgIpc) is 3.09. The minimum Gasteiger partial charge on any atom is -0.457 e. The maximum absolute atomic E-state index is 13.4. The average molecular weight is 475 g/mol. The lowest BCUT2D eigenvalue weighted by Crippen LogP contribution is -2.07. The number of alkyl halides is 3. The Morgan fingerprint density at radius 3 is 2.39 bits per heavy atom. The summed E-state index contributed by atoms with van der Waals surface area (Å²) in [7, 11) is -3.40. The van der Waals surface area contributed by atoms with E-state index in [-0.39, 0.29) is 16.3 Å². The molecule has 0 spiro atoms. The summed E-state index contributed by atoms with van der Waals surface area (Å²) < 4.78 is 72.3. The van der Waals surface area contributed by atoms with E-state index in [0.717, 1.165) is 6.07 Å². The maximum Gasteiger partial charge on any atom is 0.419 e. The van der Waals surface area contributed by atoms with E-state index in [1.54, 1.807) is 50.2 Å². The number of aryl methyl sites for hydroxylation is 1. The van der Waals surface area contributed by atoms with Crippen molar-refractivity contribution in [3.63, 3.8) is 0 Å². The molecule has 0 atom stereocenters. The summed E-state index contributed by atoms with van der Waals surface area (Å²) in [6.07, 6.45) is -2.48. The van der Waals surface area contributed by atoms with Gasteiger partial charge < -0.3 is 4.74 Å². The zero-order valence-corrected chi connectivity index (χ0v) is 18.7. The van der Waals surface area contributed by atoms with Gasteiger partial charge in [0.1, 0.15) is 17.1 Å². The summed E-state index contributed by atoms with van der Waals surface area (Å²) in [4.78, 5) is 4.34. The van der Waals surface area contributed by atoms with Gasteiger partial charge in [-0.3, -0.25) is 4.40 Å². The molecule has 172 valence electrons. The SMILES string of the molecule is CCCS(=O)(=O)c1cccc(Oc2cccc(-c3c(C)nc4c(C(F)(F)F)cccn34)c2)c1. The Kier molecular flexibility index (Phi) is 5.92. The molecule has 0 saturated carbocycles. The smallest absolute Gasteiger partial charge is 0.419 e. The van der Waals surface area contributed by atoms with Gasteiger partial charge in [-0.2, -0.15) is 13.2 Å². The molecule has 0 amide bonds. The van der Waals surface area contributed by atoms with Crippen LogP contribution in [-0.4, -0.2) is 23.6 Å². The molecule has 0 unspecified atom stereocenters. The van der Waals surface area contributed by atoms with Crippen LogP contribution in [0.4, 0.5) is 13.2 Å². The second-order valence-corrected chi connectivity index (χ2v) is 9.69. The zero-order chi connectivity index (χ0) is 23.8. The van der Waals surface area contributed by atoms with Gasteiger partial charge in [-0.25, -0.2) is 13.4 Å². The van der Waals surface area contributed by atoms with E-state index in [9.17, 15) is 21.6 Å². The number of nitrogens with zero attached hydrogens (tertiary/aromatic N) is 2. The first kappa shape index (κ1) is 22.8. The number of benzene rings is 2. The first-order valence-electron chi connectivity index (χ1n) is 10.3. The molecular weight excluding hydrogens is 453 g/mol. The first-order valence-corrected chi connectivity index (χ1v) is 11.9. The van der Waals surface area contributed by atoms with Gasteiger partial charge in [0.05, 0.1) is 27.6 Å². The Bertz CT molecular complexity index is 1430. The third kappa shape index (κ3) is 4.59. The number of pyridine rings is 1. The third-order valence-corrected chi connectivity index (χ3v) is 7.03. The number of halogens is 3. The number of imidazole rings is 1. The molecule has 2 aromatic carbocycles. The van der Waals surface area contributed by atoms with Gasteiger partial charge >= 0.3 is 6.18 Å². The number of hydrogen-bond acceptors (Lipinski definition) is 4. The van der Waals surface area contributed by atoms with Gasteiger partial charge in [0.15, 0.2) is 9.84 Å². The van der Waals surface area contributed by atoms with Gasteiger partial charge in [0.2, 0.25) is 0 Å². The van der Waals surface area contributed by atoms with E-state index in [0.29, 0.717) is 34.9 Å². The van der Waals surface area contributed by atoms with E-state index >= 15 is 0 Å². The summed E-state index contributed by atoms with van der Waals surface area (Å²) in [5, 5.41) is 0. The summed E-state index contributed by atoms with van der Waals surface area (Å²) >= 11 is 0. The topological polar surface area (TPSA) is 60.7 Å². The van der Waals surface area contributed by atoms with Crippen molar-refractivity contribution >= 4 is 15.5 Å². The highest BCUT2D eigenvalue weighted by Gasteiger charge is 2.34. The van der Waals surface area contributed by atoms with Crippen LogP contribution in [-0.2, 0) is 16.0 Å². The van der Waals surface area contributed by atoms with Gasteiger partial charge in [-0.1, -0.05) is 25.1 Å². The third-order valence-electron chi connectivity index (χ3n) is 5.11. The van der Waals surface area contributed by atoms with Crippen molar-refractivity contribution in [2.24, 2.45) is 0 Å². The van der Waals surface area contributed by atoms with Gasteiger partial charge in [0.25, 0.3) is 0 Å². The van der Waals surface area contributed by atoms with Crippen molar-refractivity contribution in [1.82, 2.24) is 9.38 Å². The number of hydrogen-bond donors (Lipinski definition) is 0. The fraction of sp³-hybridized carbons (Fsp3) is 0.208. The largest absolute Gasteiger partial charge is 0.457 e. The molecule has 5 nitrogen and oxygen atoms in total. The number of sulfone groups is 1. The predicted molar refractivity (Wildman–Crippen MR) is 119 cm³/mol. The minimum atomic E-state index is -4.52. The number of fused-ring (bicyclic) bond motifs is 1. The van der Waals surface area contributed by atoms with Crippen LogP contribution in [0, 0.1) is 6.92 Å². The van der Waals surface area contributed by atoms with Crippen LogP contribution in [0.2, 0.25) is 0 Å². The minimum absolute atomic E-state index is 0.0411. The number of aromatic nitrogens is 2. The van der Waals surface area contributed by atoms with Crippen LogP contribution >= 0.6 is 0 Å². The normalized spacial score (nSPS) is 12.3. The molecule has 2 heterocycles. The molecule has 33 heavy (non-hydrogen) atoms. The second-order valence-electron chi connectivity index (χ2n) is 7.58. The monoisotopic (exact) mass is 474 g/mol. The molecule has 0 aliphatic rings. The highest BCUT2D eigenvalue weighted by atomic mass is 32.2. The molecule has 0 aliphatic carbocycles. The van der Waals surface area contributed by atoms with Gasteiger partial charge in [-0.05, 0) is 55.8 Å². The van der Waals surface area contributed by atoms with E-state index in [1.165, 1.54) is 28.8 Å². The van der Waals surface area contributed by atoms with Crippen LogP contribution in [0.5, 0.6) is 11.5 Å². The fourth-order valence-electron chi connectivity index (χ4n) is 3.71. The number of ether oxygens (including phenoxy) is 1. The van der Waals surface area contributed by atoms with E-state index in [4.69, 9.17) is 4.74 Å². The molecule has 0 saturated heterocycles. The van der Waals surface area contributed by atoms with Crippen LogP contribution < -0.4 is 4.74 Å². The molecule has 9 heteroatoms. The number of rotatable bonds is 6. The summed E-state index contributed by atoms with van der Waals surface area (Å²) in [5.74, 6) is 0.803. The van der Waals surface area contributed by atoms with Crippen LogP contribution in [0.3, 0.4) is 0 Å². The quantitative estimate of drug-likeness (QED) is 0.329. The van der Waals surface area contributed by atoms with Crippen LogP contribution in [0.25, 0.3) is 16.9 Å². The lowest BCUT2D eigenvalue weighted by atomic mass is 10.1. The molecule has 0 N–H and O–H groups in total. The van der Waals surface area contributed by atoms with Crippen molar-refractivity contribution in [1.29, 1.82) is 0 Å². The highest BCUT2D eigenvalue weighted by Crippen LogP contribution is 2.36. The van der Waals surface area contributed by atoms with Gasteiger partial charge in [-0.15, -0.1) is 0 Å². The molecule has 4 aromatic rings. The van der Waals surface area contributed by atoms with Crippen molar-refractivity contribution < 1.29 is 26.3 Å². The van der Waals surface area contributed by atoms with Crippen LogP contribution in [0.1, 0.15) is 24.6 Å². The molecule has 0 aliphatic heterocycles. The molecule has 0 fully saturated rings. The first-order chi connectivity index (χ1) is 15.6. The Balaban J connectivity index is 1.72. The molecule has 4 rings (SSSR count).